The average Bonchev–Trinajstić information content (AvgIpc) is 2.55. The lowest BCUT2D eigenvalue weighted by Crippen LogP contribution is -2.27. The van der Waals surface area contributed by atoms with Crippen LogP contribution >= 0.6 is 0 Å². The molecule has 0 heterocycles. The molecule has 112 valence electrons. The van der Waals surface area contributed by atoms with Gasteiger partial charge in [-0.15, -0.1) is 5.06 Å². The predicted octanol–water partition coefficient (Wildman–Crippen LogP) is 3.46. The molecule has 6 heteroatoms. The summed E-state index contributed by atoms with van der Waals surface area (Å²) in [5.74, 6) is -0.579. The molecule has 6 nitrogen and oxygen atoms in total. The molecule has 0 aromatic heterocycles. The highest BCUT2D eigenvalue weighted by Crippen LogP contribution is 2.10. The SMILES string of the molecule is [N-]=[N+]=NCC(=O)ON(Cc1ccccc1)Cc1ccccc1. The third-order valence-electron chi connectivity index (χ3n) is 2.90. The highest BCUT2D eigenvalue weighted by molar-refractivity contribution is 5.71. The van der Waals surface area contributed by atoms with E-state index in [4.69, 9.17) is 10.4 Å². The number of hydroxylamine groups is 2. The summed E-state index contributed by atoms with van der Waals surface area (Å²) in [6.45, 7) is 0.589. The normalized spacial score (nSPS) is 10.0. The maximum Gasteiger partial charge on any atom is 0.330 e. The summed E-state index contributed by atoms with van der Waals surface area (Å²) in [5, 5.41) is 4.77. The minimum atomic E-state index is -0.579. The second-order valence-electron chi connectivity index (χ2n) is 4.62. The number of carbonyl (C=O) groups excluding carboxylic acids is 1. The van der Waals surface area contributed by atoms with Gasteiger partial charge in [-0.1, -0.05) is 65.8 Å². The van der Waals surface area contributed by atoms with Crippen LogP contribution < -0.4 is 0 Å². The van der Waals surface area contributed by atoms with Gasteiger partial charge in [0, 0.05) is 4.91 Å². The number of carbonyl (C=O) groups is 1. The van der Waals surface area contributed by atoms with Gasteiger partial charge in [-0.25, -0.2) is 0 Å². The van der Waals surface area contributed by atoms with Gasteiger partial charge in [0.25, 0.3) is 0 Å². The summed E-state index contributed by atoms with van der Waals surface area (Å²) in [4.78, 5) is 19.5. The molecule has 0 N–H and O–H groups in total. The van der Waals surface area contributed by atoms with Crippen LogP contribution in [0.3, 0.4) is 0 Å². The van der Waals surface area contributed by atoms with E-state index in [1.807, 2.05) is 60.7 Å². The van der Waals surface area contributed by atoms with Crippen LogP contribution in [0.5, 0.6) is 0 Å². The van der Waals surface area contributed by atoms with E-state index in [-0.39, 0.29) is 6.54 Å². The Bertz CT molecular complexity index is 598. The maximum atomic E-state index is 11.7. The third kappa shape index (κ3) is 5.28. The molecule has 0 aliphatic heterocycles. The molecule has 0 bridgehead atoms. The molecule has 0 radical (unpaired) electrons. The fourth-order valence-corrected chi connectivity index (χ4v) is 1.96. The minimum Gasteiger partial charge on any atom is -0.367 e. The first-order chi connectivity index (χ1) is 10.8. The summed E-state index contributed by atoms with van der Waals surface area (Å²) in [6, 6.07) is 19.4. The highest BCUT2D eigenvalue weighted by atomic mass is 16.7. The van der Waals surface area contributed by atoms with Gasteiger partial charge in [0.1, 0.15) is 6.54 Å². The van der Waals surface area contributed by atoms with Gasteiger partial charge in [-0.3, -0.25) is 4.79 Å². The molecule has 2 aromatic carbocycles. The van der Waals surface area contributed by atoms with Gasteiger partial charge in [-0.2, -0.15) is 0 Å². The Hall–Kier alpha value is -2.82. The van der Waals surface area contributed by atoms with Crippen LogP contribution in [0.25, 0.3) is 10.4 Å². The standard InChI is InChI=1S/C16H16N4O2/c17-19-18-11-16(21)22-20(12-14-7-3-1-4-8-14)13-15-9-5-2-6-10-15/h1-10H,11-13H2. The van der Waals surface area contributed by atoms with Gasteiger partial charge in [0.15, 0.2) is 0 Å². The van der Waals surface area contributed by atoms with Crippen LogP contribution in [-0.2, 0) is 22.7 Å². The topological polar surface area (TPSA) is 78.3 Å². The first-order valence-corrected chi connectivity index (χ1v) is 6.82. The second-order valence-corrected chi connectivity index (χ2v) is 4.62. The molecule has 2 rings (SSSR count). The Morgan fingerprint density at radius 3 is 1.95 bits per heavy atom. The molecule has 0 saturated heterocycles. The van der Waals surface area contributed by atoms with Gasteiger partial charge in [-0.05, 0) is 16.7 Å². The molecule has 0 amide bonds. The molecule has 2 aromatic rings. The van der Waals surface area contributed by atoms with E-state index in [1.165, 1.54) is 0 Å². The van der Waals surface area contributed by atoms with E-state index in [9.17, 15) is 4.79 Å². The molecule has 0 unspecified atom stereocenters. The van der Waals surface area contributed by atoms with Crippen molar-refractivity contribution in [3.05, 3.63) is 82.2 Å². The zero-order valence-corrected chi connectivity index (χ0v) is 12.0. The highest BCUT2D eigenvalue weighted by Gasteiger charge is 2.12. The van der Waals surface area contributed by atoms with E-state index in [2.05, 4.69) is 10.0 Å². The zero-order valence-electron chi connectivity index (χ0n) is 12.0. The van der Waals surface area contributed by atoms with Crippen molar-refractivity contribution in [1.29, 1.82) is 0 Å². The van der Waals surface area contributed by atoms with Gasteiger partial charge in [0.2, 0.25) is 0 Å². The molecule has 0 spiro atoms. The van der Waals surface area contributed by atoms with E-state index in [0.29, 0.717) is 13.1 Å². The second kappa shape index (κ2) is 8.46. The van der Waals surface area contributed by atoms with Crippen molar-refractivity contribution >= 4 is 5.97 Å². The molecule has 0 aliphatic carbocycles. The van der Waals surface area contributed by atoms with E-state index in [1.54, 1.807) is 5.06 Å². The van der Waals surface area contributed by atoms with Crippen LogP contribution in [0.2, 0.25) is 0 Å². The fourth-order valence-electron chi connectivity index (χ4n) is 1.96. The smallest absolute Gasteiger partial charge is 0.330 e. The van der Waals surface area contributed by atoms with Crippen molar-refractivity contribution in [2.24, 2.45) is 5.11 Å². The largest absolute Gasteiger partial charge is 0.367 e. The van der Waals surface area contributed by atoms with Crippen molar-refractivity contribution in [3.8, 4) is 0 Å². The zero-order chi connectivity index (χ0) is 15.6. The summed E-state index contributed by atoms with van der Waals surface area (Å²) >= 11 is 0. The Kier molecular flexibility index (Phi) is 5.99. The fraction of sp³-hybridized carbons (Fsp3) is 0.188. The van der Waals surface area contributed by atoms with E-state index >= 15 is 0 Å². The number of hydrogen-bond donors (Lipinski definition) is 0. The number of benzene rings is 2. The maximum absolute atomic E-state index is 11.7. The summed E-state index contributed by atoms with van der Waals surface area (Å²) < 4.78 is 0. The van der Waals surface area contributed by atoms with E-state index < -0.39 is 5.97 Å². The Morgan fingerprint density at radius 2 is 1.50 bits per heavy atom. The summed E-state index contributed by atoms with van der Waals surface area (Å²) in [5.41, 5.74) is 10.3. The monoisotopic (exact) mass is 296 g/mol. The number of nitrogens with zero attached hydrogens (tertiary/aromatic N) is 4. The minimum absolute atomic E-state index is 0.323. The molecule has 0 aliphatic rings. The summed E-state index contributed by atoms with van der Waals surface area (Å²) in [7, 11) is 0. The van der Waals surface area contributed by atoms with Crippen molar-refractivity contribution < 1.29 is 9.63 Å². The van der Waals surface area contributed by atoms with Crippen LogP contribution in [0, 0.1) is 0 Å². The third-order valence-corrected chi connectivity index (χ3v) is 2.90. The lowest BCUT2D eigenvalue weighted by atomic mass is 10.2. The first kappa shape index (κ1) is 15.6. The van der Waals surface area contributed by atoms with Crippen molar-refractivity contribution in [2.75, 3.05) is 6.54 Å². The van der Waals surface area contributed by atoms with Gasteiger partial charge >= 0.3 is 5.97 Å². The molecular formula is C16H16N4O2. The average molecular weight is 296 g/mol. The van der Waals surface area contributed by atoms with Crippen LogP contribution in [-0.4, -0.2) is 17.6 Å². The van der Waals surface area contributed by atoms with Crippen LogP contribution in [0.1, 0.15) is 11.1 Å². The Labute approximate surface area is 128 Å². The van der Waals surface area contributed by atoms with Crippen molar-refractivity contribution in [1.82, 2.24) is 5.06 Å². The lowest BCUT2D eigenvalue weighted by molar-refractivity contribution is -0.195. The number of hydrogen-bond acceptors (Lipinski definition) is 4. The number of azide groups is 1. The first-order valence-electron chi connectivity index (χ1n) is 6.82. The Balaban J connectivity index is 2.06. The molecular weight excluding hydrogens is 280 g/mol. The van der Waals surface area contributed by atoms with Crippen LogP contribution in [0.4, 0.5) is 0 Å². The van der Waals surface area contributed by atoms with E-state index in [0.717, 1.165) is 11.1 Å². The quantitative estimate of drug-likeness (QED) is 0.340. The summed E-state index contributed by atoms with van der Waals surface area (Å²) in [6.07, 6.45) is 0. The van der Waals surface area contributed by atoms with Gasteiger partial charge < -0.3 is 4.84 Å². The van der Waals surface area contributed by atoms with Crippen molar-refractivity contribution in [2.45, 2.75) is 13.1 Å². The van der Waals surface area contributed by atoms with Crippen LogP contribution in [0.15, 0.2) is 65.8 Å². The van der Waals surface area contributed by atoms with Gasteiger partial charge in [0.05, 0.1) is 13.1 Å². The molecule has 22 heavy (non-hydrogen) atoms. The predicted molar refractivity (Wildman–Crippen MR) is 82.2 cm³/mol. The molecule has 0 saturated carbocycles. The lowest BCUT2D eigenvalue weighted by Gasteiger charge is -2.21. The van der Waals surface area contributed by atoms with Crippen molar-refractivity contribution in [3.63, 3.8) is 0 Å². The molecule has 0 fully saturated rings. The number of rotatable bonds is 7. The molecule has 0 atom stereocenters. The Morgan fingerprint density at radius 1 is 1.00 bits per heavy atom.